The Balaban J connectivity index is 1.67. The normalized spacial score (nSPS) is 10.4. The van der Waals surface area contributed by atoms with E-state index in [0.717, 1.165) is 25.8 Å². The van der Waals surface area contributed by atoms with Crippen molar-refractivity contribution in [1.29, 1.82) is 0 Å². The number of imidazole rings is 1. The lowest BCUT2D eigenvalue weighted by Gasteiger charge is -2.06. The van der Waals surface area contributed by atoms with Gasteiger partial charge < -0.3 is 9.30 Å². The van der Waals surface area contributed by atoms with Gasteiger partial charge in [-0.25, -0.2) is 4.98 Å². The highest BCUT2D eigenvalue weighted by Crippen LogP contribution is 2.25. The number of ether oxygens (including phenoxy) is 1. The number of hydrogen-bond donors (Lipinski definition) is 0. The van der Waals surface area contributed by atoms with Crippen LogP contribution in [0.5, 0.6) is 5.75 Å². The van der Waals surface area contributed by atoms with Crippen LogP contribution in [0.2, 0.25) is 0 Å². The molecule has 0 aliphatic heterocycles. The van der Waals surface area contributed by atoms with Crippen molar-refractivity contribution < 1.29 is 9.66 Å². The highest BCUT2D eigenvalue weighted by atomic mass is 16.6. The SMILES string of the molecule is O=[N+]([O-])c1ccccc1OCCCCCn1ccnc1. The Labute approximate surface area is 117 Å². The summed E-state index contributed by atoms with van der Waals surface area (Å²) in [5.74, 6) is 0.340. The zero-order valence-corrected chi connectivity index (χ0v) is 11.1. The predicted octanol–water partition coefficient (Wildman–Crippen LogP) is 3.04. The van der Waals surface area contributed by atoms with Crippen molar-refractivity contribution in [3.63, 3.8) is 0 Å². The number of benzene rings is 1. The number of nitro benzene ring substituents is 1. The molecule has 0 amide bonds. The van der Waals surface area contributed by atoms with Gasteiger partial charge in [-0.15, -0.1) is 0 Å². The van der Waals surface area contributed by atoms with Crippen LogP contribution in [0.4, 0.5) is 5.69 Å². The highest BCUT2D eigenvalue weighted by molar-refractivity contribution is 5.45. The van der Waals surface area contributed by atoms with Gasteiger partial charge >= 0.3 is 5.69 Å². The Morgan fingerprint density at radius 2 is 2.10 bits per heavy atom. The zero-order chi connectivity index (χ0) is 14.2. The largest absolute Gasteiger partial charge is 0.487 e. The molecule has 0 unspecified atom stereocenters. The average Bonchev–Trinajstić information content (AvgIpc) is 2.96. The van der Waals surface area contributed by atoms with Crippen LogP contribution < -0.4 is 4.74 Å². The molecule has 0 saturated carbocycles. The lowest BCUT2D eigenvalue weighted by Crippen LogP contribution is -2.01. The third kappa shape index (κ3) is 4.08. The molecule has 2 aromatic rings. The minimum Gasteiger partial charge on any atom is -0.487 e. The second kappa shape index (κ2) is 7.28. The highest BCUT2D eigenvalue weighted by Gasteiger charge is 2.12. The van der Waals surface area contributed by atoms with Gasteiger partial charge in [0.05, 0.1) is 17.9 Å². The molecule has 1 aromatic heterocycles. The zero-order valence-electron chi connectivity index (χ0n) is 11.1. The van der Waals surface area contributed by atoms with Crippen LogP contribution in [0, 0.1) is 10.1 Å². The van der Waals surface area contributed by atoms with Crippen LogP contribution in [0.3, 0.4) is 0 Å². The molecular formula is C14H17N3O3. The molecule has 106 valence electrons. The van der Waals surface area contributed by atoms with Crippen LogP contribution in [0.25, 0.3) is 0 Å². The van der Waals surface area contributed by atoms with Crippen molar-refractivity contribution in [2.45, 2.75) is 25.8 Å². The van der Waals surface area contributed by atoms with E-state index in [1.54, 1.807) is 30.7 Å². The minimum atomic E-state index is -0.422. The average molecular weight is 275 g/mol. The molecule has 0 fully saturated rings. The summed E-state index contributed by atoms with van der Waals surface area (Å²) in [5, 5.41) is 10.8. The summed E-state index contributed by atoms with van der Waals surface area (Å²) in [6.07, 6.45) is 8.42. The molecule has 6 nitrogen and oxygen atoms in total. The number of rotatable bonds is 8. The van der Waals surface area contributed by atoms with E-state index in [4.69, 9.17) is 4.74 Å². The Bertz CT molecular complexity index is 540. The number of para-hydroxylation sites is 2. The Kier molecular flexibility index (Phi) is 5.11. The van der Waals surface area contributed by atoms with Gasteiger partial charge in [0.15, 0.2) is 5.75 Å². The number of nitro groups is 1. The smallest absolute Gasteiger partial charge is 0.310 e. The van der Waals surface area contributed by atoms with E-state index in [9.17, 15) is 10.1 Å². The first-order valence-corrected chi connectivity index (χ1v) is 6.59. The lowest BCUT2D eigenvalue weighted by molar-refractivity contribution is -0.385. The van der Waals surface area contributed by atoms with Crippen molar-refractivity contribution in [2.75, 3.05) is 6.61 Å². The number of nitrogens with zero attached hydrogens (tertiary/aromatic N) is 3. The van der Waals surface area contributed by atoms with Gasteiger partial charge in [-0.1, -0.05) is 12.1 Å². The van der Waals surface area contributed by atoms with Gasteiger partial charge in [0.2, 0.25) is 0 Å². The summed E-state index contributed by atoms with van der Waals surface area (Å²) in [6, 6.07) is 6.45. The Hall–Kier alpha value is -2.37. The second-order valence-corrected chi connectivity index (χ2v) is 4.43. The summed E-state index contributed by atoms with van der Waals surface area (Å²) in [5.41, 5.74) is 0.0194. The van der Waals surface area contributed by atoms with Crippen molar-refractivity contribution in [3.8, 4) is 5.75 Å². The number of aromatic nitrogens is 2. The van der Waals surface area contributed by atoms with Crippen molar-refractivity contribution in [2.24, 2.45) is 0 Å². The van der Waals surface area contributed by atoms with Crippen molar-refractivity contribution in [1.82, 2.24) is 9.55 Å². The Morgan fingerprint density at radius 3 is 2.85 bits per heavy atom. The summed E-state index contributed by atoms with van der Waals surface area (Å²) in [7, 11) is 0. The summed E-state index contributed by atoms with van der Waals surface area (Å²) in [4.78, 5) is 14.4. The molecule has 0 aliphatic rings. The first-order valence-electron chi connectivity index (χ1n) is 6.59. The molecule has 2 rings (SSSR count). The van der Waals surface area contributed by atoms with E-state index in [1.165, 1.54) is 6.07 Å². The van der Waals surface area contributed by atoms with Crippen molar-refractivity contribution in [3.05, 3.63) is 53.1 Å². The van der Waals surface area contributed by atoms with Crippen molar-refractivity contribution >= 4 is 5.69 Å². The van der Waals surface area contributed by atoms with E-state index in [0.29, 0.717) is 12.4 Å². The summed E-state index contributed by atoms with van der Waals surface area (Å²) < 4.78 is 7.51. The summed E-state index contributed by atoms with van der Waals surface area (Å²) in [6.45, 7) is 1.43. The van der Waals surface area contributed by atoms with E-state index in [-0.39, 0.29) is 5.69 Å². The van der Waals surface area contributed by atoms with E-state index in [1.807, 2.05) is 10.8 Å². The molecule has 0 N–H and O–H groups in total. The fraction of sp³-hybridized carbons (Fsp3) is 0.357. The van der Waals surface area contributed by atoms with Gasteiger partial charge in [0, 0.05) is 25.0 Å². The van der Waals surface area contributed by atoms with E-state index in [2.05, 4.69) is 4.98 Å². The van der Waals surface area contributed by atoms with Crippen LogP contribution >= 0.6 is 0 Å². The third-order valence-corrected chi connectivity index (χ3v) is 2.94. The lowest BCUT2D eigenvalue weighted by atomic mass is 10.2. The molecule has 1 heterocycles. The summed E-state index contributed by atoms with van der Waals surface area (Å²) >= 11 is 0. The topological polar surface area (TPSA) is 70.2 Å². The second-order valence-electron chi connectivity index (χ2n) is 4.43. The predicted molar refractivity (Wildman–Crippen MR) is 74.7 cm³/mol. The van der Waals surface area contributed by atoms with Gasteiger partial charge in [-0.2, -0.15) is 0 Å². The molecular weight excluding hydrogens is 258 g/mol. The van der Waals surface area contributed by atoms with Gasteiger partial charge in [0.25, 0.3) is 0 Å². The molecule has 0 saturated heterocycles. The maximum Gasteiger partial charge on any atom is 0.310 e. The Morgan fingerprint density at radius 1 is 1.25 bits per heavy atom. The molecule has 0 atom stereocenters. The standard InChI is InChI=1S/C14H17N3O3/c18-17(19)13-6-2-3-7-14(13)20-11-5-1-4-9-16-10-8-15-12-16/h2-3,6-8,10,12H,1,4-5,9,11H2. The first kappa shape index (κ1) is 14.0. The maximum atomic E-state index is 10.8. The van der Waals surface area contributed by atoms with E-state index < -0.39 is 4.92 Å². The van der Waals surface area contributed by atoms with Crippen LogP contribution in [0.15, 0.2) is 43.0 Å². The fourth-order valence-corrected chi connectivity index (χ4v) is 1.90. The van der Waals surface area contributed by atoms with Crippen LogP contribution in [-0.2, 0) is 6.54 Å². The number of unbranched alkanes of at least 4 members (excludes halogenated alkanes) is 2. The molecule has 1 aromatic carbocycles. The van der Waals surface area contributed by atoms with Gasteiger partial charge in [-0.3, -0.25) is 10.1 Å². The van der Waals surface area contributed by atoms with E-state index >= 15 is 0 Å². The first-order chi connectivity index (χ1) is 9.77. The van der Waals surface area contributed by atoms with Crippen LogP contribution in [0.1, 0.15) is 19.3 Å². The molecule has 0 aliphatic carbocycles. The fourth-order valence-electron chi connectivity index (χ4n) is 1.90. The van der Waals surface area contributed by atoms with Gasteiger partial charge in [-0.05, 0) is 25.3 Å². The monoisotopic (exact) mass is 275 g/mol. The molecule has 0 radical (unpaired) electrons. The number of hydrogen-bond acceptors (Lipinski definition) is 4. The minimum absolute atomic E-state index is 0.0194. The van der Waals surface area contributed by atoms with Gasteiger partial charge in [0.1, 0.15) is 0 Å². The maximum absolute atomic E-state index is 10.8. The number of aryl methyl sites for hydroxylation is 1. The quantitative estimate of drug-likeness (QED) is 0.422. The molecule has 0 spiro atoms. The van der Waals surface area contributed by atoms with Crippen LogP contribution in [-0.4, -0.2) is 21.1 Å². The third-order valence-electron chi connectivity index (χ3n) is 2.94. The molecule has 20 heavy (non-hydrogen) atoms. The molecule has 0 bridgehead atoms. The molecule has 6 heteroatoms.